The molecule has 0 spiro atoms. The molecule has 7 heteroatoms. The molecular weight excluding hydrogens is 364 g/mol. The molecule has 0 bridgehead atoms. The summed E-state index contributed by atoms with van der Waals surface area (Å²) in [6, 6.07) is 8.75. The maximum atomic E-state index is 12.3. The van der Waals surface area contributed by atoms with E-state index < -0.39 is 5.97 Å². The smallest absolute Gasteiger partial charge is 0.338 e. The molecule has 27 heavy (non-hydrogen) atoms. The highest BCUT2D eigenvalue weighted by atomic mass is 32.1. The van der Waals surface area contributed by atoms with E-state index in [1.807, 2.05) is 19.9 Å². The highest BCUT2D eigenvalue weighted by Crippen LogP contribution is 2.23. The zero-order valence-electron chi connectivity index (χ0n) is 15.3. The summed E-state index contributed by atoms with van der Waals surface area (Å²) in [5, 5.41) is 3.65. The van der Waals surface area contributed by atoms with Crippen LogP contribution in [0, 0.1) is 13.8 Å². The Labute approximate surface area is 160 Å². The highest BCUT2D eigenvalue weighted by Gasteiger charge is 2.15. The fraction of sp³-hybridized carbons (Fsp3) is 0.250. The van der Waals surface area contributed by atoms with Gasteiger partial charge in [0.1, 0.15) is 0 Å². The number of thiophene rings is 1. The van der Waals surface area contributed by atoms with Crippen molar-refractivity contribution >= 4 is 39.9 Å². The van der Waals surface area contributed by atoms with Gasteiger partial charge in [0.05, 0.1) is 17.0 Å². The number of nitrogens with one attached hydrogen (secondary N) is 2. The summed E-state index contributed by atoms with van der Waals surface area (Å²) in [6.45, 7) is 5.47. The number of amides is 1. The van der Waals surface area contributed by atoms with Crippen LogP contribution in [0.25, 0.3) is 10.9 Å². The minimum absolute atomic E-state index is 0.130. The number of ketones is 1. The van der Waals surface area contributed by atoms with Gasteiger partial charge in [0.25, 0.3) is 0 Å². The molecular formula is C20H20N2O4S. The molecule has 0 aliphatic heterocycles. The molecule has 2 aromatic heterocycles. The average Bonchev–Trinajstić information content (AvgIpc) is 3.23. The van der Waals surface area contributed by atoms with Gasteiger partial charge in [-0.15, -0.1) is 11.3 Å². The van der Waals surface area contributed by atoms with E-state index in [4.69, 9.17) is 4.74 Å². The monoisotopic (exact) mass is 384 g/mol. The van der Waals surface area contributed by atoms with E-state index in [1.165, 1.54) is 18.3 Å². The van der Waals surface area contributed by atoms with Crippen LogP contribution in [0.2, 0.25) is 0 Å². The van der Waals surface area contributed by atoms with Gasteiger partial charge in [0, 0.05) is 28.4 Å². The van der Waals surface area contributed by atoms with Crippen molar-refractivity contribution in [3.05, 3.63) is 56.9 Å². The van der Waals surface area contributed by atoms with E-state index in [2.05, 4.69) is 10.3 Å². The standard InChI is InChI=1S/C20H20N2O4S/c1-11-12(2)22-17-6-4-14(8-16(11)17)20(25)26-10-18(24)19-7-5-15(27-19)9-21-13(3)23/h4-8,22H,9-10H2,1-3H3,(H,21,23). The second kappa shape index (κ2) is 7.75. The van der Waals surface area contributed by atoms with Crippen LogP contribution in [0.5, 0.6) is 0 Å². The van der Waals surface area contributed by atoms with E-state index >= 15 is 0 Å². The first-order chi connectivity index (χ1) is 12.8. The number of ether oxygens (including phenoxy) is 1. The van der Waals surface area contributed by atoms with Crippen molar-refractivity contribution < 1.29 is 19.1 Å². The van der Waals surface area contributed by atoms with E-state index in [0.29, 0.717) is 17.0 Å². The first-order valence-corrected chi connectivity index (χ1v) is 9.29. The SMILES string of the molecule is CC(=O)NCc1ccc(C(=O)COC(=O)c2ccc3[nH]c(C)c(C)c3c2)s1. The van der Waals surface area contributed by atoms with E-state index in [1.54, 1.807) is 24.3 Å². The van der Waals surface area contributed by atoms with Gasteiger partial charge in [-0.25, -0.2) is 4.79 Å². The Balaban J connectivity index is 1.62. The summed E-state index contributed by atoms with van der Waals surface area (Å²) in [5.41, 5.74) is 3.51. The molecule has 0 aliphatic rings. The number of esters is 1. The van der Waals surface area contributed by atoms with Crippen molar-refractivity contribution in [2.75, 3.05) is 6.61 Å². The number of carbonyl (C=O) groups is 3. The van der Waals surface area contributed by atoms with E-state index in [-0.39, 0.29) is 18.3 Å². The molecule has 3 aromatic rings. The summed E-state index contributed by atoms with van der Waals surface area (Å²) in [6.07, 6.45) is 0. The van der Waals surface area contributed by atoms with E-state index in [9.17, 15) is 14.4 Å². The maximum absolute atomic E-state index is 12.3. The number of H-pyrrole nitrogens is 1. The third kappa shape index (κ3) is 4.25. The van der Waals surface area contributed by atoms with Crippen molar-refractivity contribution in [3.8, 4) is 0 Å². The maximum Gasteiger partial charge on any atom is 0.338 e. The summed E-state index contributed by atoms with van der Waals surface area (Å²) in [7, 11) is 0. The number of aryl methyl sites for hydroxylation is 2. The van der Waals surface area contributed by atoms with Crippen molar-refractivity contribution in [2.45, 2.75) is 27.3 Å². The number of benzene rings is 1. The zero-order valence-corrected chi connectivity index (χ0v) is 16.2. The quantitative estimate of drug-likeness (QED) is 0.503. The Morgan fingerprint density at radius 1 is 1.15 bits per heavy atom. The predicted octanol–water partition coefficient (Wildman–Crippen LogP) is 3.52. The number of rotatable bonds is 6. The normalized spacial score (nSPS) is 10.8. The topological polar surface area (TPSA) is 88.3 Å². The van der Waals surface area contributed by atoms with Gasteiger partial charge >= 0.3 is 5.97 Å². The number of hydrogen-bond donors (Lipinski definition) is 2. The van der Waals surface area contributed by atoms with Crippen LogP contribution >= 0.6 is 11.3 Å². The minimum Gasteiger partial charge on any atom is -0.454 e. The van der Waals surface area contributed by atoms with Crippen LogP contribution < -0.4 is 5.32 Å². The van der Waals surface area contributed by atoms with Crippen LogP contribution in [-0.2, 0) is 16.1 Å². The Hall–Kier alpha value is -2.93. The minimum atomic E-state index is -0.529. The summed E-state index contributed by atoms with van der Waals surface area (Å²) in [5.74, 6) is -0.925. The fourth-order valence-corrected chi connectivity index (χ4v) is 3.58. The lowest BCUT2D eigenvalue weighted by atomic mass is 10.1. The molecule has 1 aromatic carbocycles. The molecule has 0 saturated heterocycles. The molecule has 0 fully saturated rings. The van der Waals surface area contributed by atoms with Gasteiger partial charge < -0.3 is 15.0 Å². The molecule has 2 heterocycles. The Kier molecular flexibility index (Phi) is 5.41. The van der Waals surface area contributed by atoms with Crippen LogP contribution in [0.4, 0.5) is 0 Å². The highest BCUT2D eigenvalue weighted by molar-refractivity contribution is 7.14. The summed E-state index contributed by atoms with van der Waals surface area (Å²) >= 11 is 1.28. The van der Waals surface area contributed by atoms with Gasteiger partial charge in [-0.05, 0) is 49.7 Å². The average molecular weight is 384 g/mol. The number of Topliss-reactive ketones (excluding diaryl/α,β-unsaturated/α-hetero) is 1. The Bertz CT molecular complexity index is 1030. The van der Waals surface area contributed by atoms with E-state index in [0.717, 1.165) is 27.0 Å². The fourth-order valence-electron chi connectivity index (χ4n) is 2.71. The number of aromatic amines is 1. The first kappa shape index (κ1) is 18.8. The van der Waals surface area contributed by atoms with Crippen molar-refractivity contribution in [1.29, 1.82) is 0 Å². The van der Waals surface area contributed by atoms with Gasteiger partial charge in [-0.2, -0.15) is 0 Å². The lowest BCUT2D eigenvalue weighted by molar-refractivity contribution is -0.119. The van der Waals surface area contributed by atoms with Gasteiger partial charge in [0.15, 0.2) is 6.61 Å². The van der Waals surface area contributed by atoms with Crippen molar-refractivity contribution in [1.82, 2.24) is 10.3 Å². The third-order valence-electron chi connectivity index (χ3n) is 4.33. The van der Waals surface area contributed by atoms with Gasteiger partial charge in [0.2, 0.25) is 11.7 Å². The van der Waals surface area contributed by atoms with Crippen LogP contribution in [0.3, 0.4) is 0 Å². The Morgan fingerprint density at radius 3 is 2.67 bits per heavy atom. The molecule has 3 rings (SSSR count). The molecule has 6 nitrogen and oxygen atoms in total. The first-order valence-electron chi connectivity index (χ1n) is 8.47. The largest absolute Gasteiger partial charge is 0.454 e. The van der Waals surface area contributed by atoms with Gasteiger partial charge in [-0.3, -0.25) is 9.59 Å². The number of fused-ring (bicyclic) bond motifs is 1. The van der Waals surface area contributed by atoms with Crippen LogP contribution in [-0.4, -0.2) is 29.3 Å². The molecule has 140 valence electrons. The number of aromatic nitrogens is 1. The molecule has 0 atom stereocenters. The molecule has 0 unspecified atom stereocenters. The molecule has 0 aliphatic carbocycles. The zero-order chi connectivity index (χ0) is 19.6. The lowest BCUT2D eigenvalue weighted by Gasteiger charge is -2.04. The summed E-state index contributed by atoms with van der Waals surface area (Å²) in [4.78, 5) is 40.1. The number of carbonyl (C=O) groups excluding carboxylic acids is 3. The second-order valence-corrected chi connectivity index (χ2v) is 7.48. The van der Waals surface area contributed by atoms with Crippen LogP contribution in [0.1, 0.15) is 43.1 Å². The number of hydrogen-bond acceptors (Lipinski definition) is 5. The molecule has 0 saturated carbocycles. The Morgan fingerprint density at radius 2 is 1.93 bits per heavy atom. The van der Waals surface area contributed by atoms with Crippen LogP contribution in [0.15, 0.2) is 30.3 Å². The van der Waals surface area contributed by atoms with Crippen molar-refractivity contribution in [3.63, 3.8) is 0 Å². The molecule has 1 amide bonds. The lowest BCUT2D eigenvalue weighted by Crippen LogP contribution is -2.18. The van der Waals surface area contributed by atoms with Gasteiger partial charge in [-0.1, -0.05) is 0 Å². The molecule has 2 N–H and O–H groups in total. The third-order valence-corrected chi connectivity index (χ3v) is 5.45. The second-order valence-electron chi connectivity index (χ2n) is 6.31. The summed E-state index contributed by atoms with van der Waals surface area (Å²) < 4.78 is 5.19. The molecule has 0 radical (unpaired) electrons. The predicted molar refractivity (Wildman–Crippen MR) is 104 cm³/mol. The van der Waals surface area contributed by atoms with Crippen molar-refractivity contribution in [2.24, 2.45) is 0 Å².